The van der Waals surface area contributed by atoms with Gasteiger partial charge in [-0.1, -0.05) is 120 Å². The molecule has 0 bridgehead atoms. The van der Waals surface area contributed by atoms with Gasteiger partial charge in [-0.05, 0) is 95.0 Å². The molecule has 1 fully saturated rings. The van der Waals surface area contributed by atoms with Crippen molar-refractivity contribution in [3.63, 3.8) is 0 Å². The Labute approximate surface area is 326 Å². The van der Waals surface area contributed by atoms with Crippen LogP contribution in [0, 0.1) is 0 Å². The largest absolute Gasteiger partial charge is 0.480 e. The summed E-state index contributed by atoms with van der Waals surface area (Å²) in [6.45, 7) is 15.2. The third kappa shape index (κ3) is 7.66. The Hall–Kier alpha value is -4.05. The van der Waals surface area contributed by atoms with Crippen molar-refractivity contribution in [3.8, 4) is 0 Å². The number of hydrogen-bond donors (Lipinski definition) is 1. The number of hydrogen-bond acceptors (Lipinski definition) is 6. The van der Waals surface area contributed by atoms with Crippen LogP contribution in [-0.2, 0) is 27.0 Å². The zero-order valence-electron chi connectivity index (χ0n) is 31.4. The van der Waals surface area contributed by atoms with Crippen molar-refractivity contribution in [3.05, 3.63) is 100 Å². The number of aliphatic carboxylic acids is 1. The number of fused-ring (bicyclic) bond motifs is 5. The highest BCUT2D eigenvalue weighted by Crippen LogP contribution is 2.49. The fourth-order valence-corrected chi connectivity index (χ4v) is 9.67. The van der Waals surface area contributed by atoms with Gasteiger partial charge in [0.05, 0.1) is 16.3 Å². The maximum atomic E-state index is 12.9. The van der Waals surface area contributed by atoms with Gasteiger partial charge in [-0.2, -0.15) is 0 Å². The van der Waals surface area contributed by atoms with Crippen LogP contribution in [0.1, 0.15) is 83.9 Å². The molecule has 0 spiro atoms. The zero-order chi connectivity index (χ0) is 37.7. The molecule has 3 heterocycles. The van der Waals surface area contributed by atoms with Crippen LogP contribution >= 0.6 is 35.7 Å². The van der Waals surface area contributed by atoms with Crippen LogP contribution in [0.3, 0.4) is 0 Å². The van der Waals surface area contributed by atoms with Crippen LogP contribution < -0.4 is 4.90 Å². The minimum atomic E-state index is -1.08. The number of rotatable bonds is 10. The molecule has 0 atom stereocenters. The summed E-state index contributed by atoms with van der Waals surface area (Å²) in [6.07, 6.45) is 6.29. The number of nitrogens with zero attached hydrogens (tertiary/aromatic N) is 3. The number of unbranched alkanes of at least 4 members (excludes halogenated alkanes) is 3. The predicted octanol–water partition coefficient (Wildman–Crippen LogP) is 11.5. The van der Waals surface area contributed by atoms with E-state index in [1.807, 2.05) is 12.1 Å². The molecule has 7 rings (SSSR count). The van der Waals surface area contributed by atoms with Crippen molar-refractivity contribution in [1.82, 2.24) is 9.47 Å². The first-order chi connectivity index (χ1) is 25.2. The van der Waals surface area contributed by atoms with Gasteiger partial charge in [0.15, 0.2) is 0 Å². The Morgan fingerprint density at radius 3 is 1.94 bits per heavy atom. The molecular formula is C44H47N3O3S3. The number of carbonyl (C=O) groups excluding carboxylic acids is 1. The molecule has 2 aliphatic heterocycles. The monoisotopic (exact) mass is 761 g/mol. The summed E-state index contributed by atoms with van der Waals surface area (Å²) in [5.74, 6) is -1.44. The van der Waals surface area contributed by atoms with E-state index in [9.17, 15) is 14.7 Å². The number of amides is 1. The van der Waals surface area contributed by atoms with Crippen LogP contribution in [-0.4, -0.2) is 43.9 Å². The topological polar surface area (TPSA) is 65.8 Å². The summed E-state index contributed by atoms with van der Waals surface area (Å²) in [7, 11) is 0. The maximum Gasteiger partial charge on any atom is 0.323 e. The minimum Gasteiger partial charge on any atom is -0.480 e. The molecule has 1 amide bonds. The van der Waals surface area contributed by atoms with Crippen molar-refractivity contribution in [2.75, 3.05) is 18.0 Å². The summed E-state index contributed by atoms with van der Waals surface area (Å²) in [6, 6.07) is 29.0. The number of para-hydroxylation sites is 1. The summed E-state index contributed by atoms with van der Waals surface area (Å²) in [4.78, 5) is 30.5. The van der Waals surface area contributed by atoms with Crippen molar-refractivity contribution in [2.24, 2.45) is 0 Å². The number of benzene rings is 4. The fourth-order valence-electron chi connectivity index (χ4n) is 7.28. The second kappa shape index (κ2) is 14.6. The van der Waals surface area contributed by atoms with Gasteiger partial charge >= 0.3 is 5.97 Å². The van der Waals surface area contributed by atoms with E-state index in [0.29, 0.717) is 4.91 Å². The minimum absolute atomic E-state index is 0.0922. The van der Waals surface area contributed by atoms with E-state index < -0.39 is 12.5 Å². The zero-order valence-corrected chi connectivity index (χ0v) is 33.8. The highest BCUT2D eigenvalue weighted by molar-refractivity contribution is 8.26. The molecular weight excluding hydrogens is 715 g/mol. The van der Waals surface area contributed by atoms with Gasteiger partial charge in [-0.3, -0.25) is 14.5 Å². The van der Waals surface area contributed by atoms with Gasteiger partial charge in [0, 0.05) is 44.7 Å². The summed E-state index contributed by atoms with van der Waals surface area (Å²) in [5.41, 5.74) is 8.85. The van der Waals surface area contributed by atoms with E-state index in [1.54, 1.807) is 11.8 Å². The normalized spacial score (nSPS) is 15.5. The summed E-state index contributed by atoms with van der Waals surface area (Å²) >= 11 is 8.19. The quantitative estimate of drug-likeness (QED) is 0.0863. The molecule has 6 nitrogen and oxygen atoms in total. The van der Waals surface area contributed by atoms with Gasteiger partial charge in [0.25, 0.3) is 5.91 Å². The Bertz CT molecular complexity index is 2220. The van der Waals surface area contributed by atoms with E-state index in [4.69, 9.17) is 12.2 Å². The number of carboxylic acids is 1. The van der Waals surface area contributed by atoms with Gasteiger partial charge in [0.1, 0.15) is 10.9 Å². The lowest BCUT2D eigenvalue weighted by Crippen LogP contribution is -2.33. The lowest BCUT2D eigenvalue weighted by atomic mass is 9.85. The van der Waals surface area contributed by atoms with Crippen LogP contribution in [0.4, 0.5) is 11.4 Å². The third-order valence-electron chi connectivity index (χ3n) is 10.2. The smallest absolute Gasteiger partial charge is 0.323 e. The number of aromatic nitrogens is 1. The molecule has 2 aliphatic rings. The molecule has 1 saturated heterocycles. The lowest BCUT2D eigenvalue weighted by Gasteiger charge is -2.33. The third-order valence-corrected chi connectivity index (χ3v) is 12.7. The van der Waals surface area contributed by atoms with E-state index in [2.05, 4.69) is 124 Å². The highest BCUT2D eigenvalue weighted by Gasteiger charge is 2.33. The van der Waals surface area contributed by atoms with Crippen LogP contribution in [0.25, 0.3) is 27.9 Å². The Balaban J connectivity index is 1.05. The first-order valence-electron chi connectivity index (χ1n) is 18.4. The molecule has 4 aromatic carbocycles. The van der Waals surface area contributed by atoms with Crippen LogP contribution in [0.2, 0.25) is 0 Å². The number of anilines is 2. The molecule has 5 aromatic rings. The van der Waals surface area contributed by atoms with Crippen LogP contribution in [0.15, 0.2) is 93.6 Å². The molecule has 0 aliphatic carbocycles. The number of thioether (sulfide) groups is 1. The lowest BCUT2D eigenvalue weighted by molar-refractivity contribution is -0.140. The van der Waals surface area contributed by atoms with Crippen LogP contribution in [0.5, 0.6) is 0 Å². The second-order valence-corrected chi connectivity index (χ2v) is 18.9. The summed E-state index contributed by atoms with van der Waals surface area (Å²) in [5, 5.41) is 11.9. The number of thiocarbonyl (C=S) groups is 1. The van der Waals surface area contributed by atoms with Gasteiger partial charge in [0.2, 0.25) is 0 Å². The molecule has 53 heavy (non-hydrogen) atoms. The van der Waals surface area contributed by atoms with Gasteiger partial charge in [-0.15, -0.1) is 0 Å². The van der Waals surface area contributed by atoms with Crippen molar-refractivity contribution < 1.29 is 14.7 Å². The van der Waals surface area contributed by atoms with Crippen molar-refractivity contribution in [1.29, 1.82) is 0 Å². The summed E-state index contributed by atoms with van der Waals surface area (Å²) < 4.78 is 2.81. The molecule has 274 valence electrons. The number of carbonyl (C=O) groups is 2. The molecule has 9 heteroatoms. The molecule has 0 saturated carbocycles. The van der Waals surface area contributed by atoms with Crippen molar-refractivity contribution >= 4 is 91.2 Å². The SMILES string of the molecule is CC(C)(C)c1ccc2c(c1)c1cc(C(C)(C)C)ccc1n2CCCCCCN1c2ccccc2Sc2cc(/C=C3\SC(=S)N(CC(=O)O)C3=O)ccc21. The Morgan fingerprint density at radius 1 is 0.717 bits per heavy atom. The Kier molecular flexibility index (Phi) is 10.3. The average molecular weight is 762 g/mol. The fraction of sp³-hybridized carbons (Fsp3) is 0.341. The van der Waals surface area contributed by atoms with E-state index >= 15 is 0 Å². The second-order valence-electron chi connectivity index (χ2n) is 16.1. The molecule has 1 N–H and O–H groups in total. The van der Waals surface area contributed by atoms with E-state index in [1.165, 1.54) is 49.2 Å². The van der Waals surface area contributed by atoms with E-state index in [0.717, 1.165) is 65.9 Å². The first kappa shape index (κ1) is 37.3. The number of carboxylic acid groups (broad SMARTS) is 1. The number of aryl methyl sites for hydroxylation is 1. The first-order valence-corrected chi connectivity index (χ1v) is 20.5. The molecule has 1 aromatic heterocycles. The van der Waals surface area contributed by atoms with Crippen molar-refractivity contribution in [2.45, 2.75) is 94.4 Å². The maximum absolute atomic E-state index is 12.9. The van der Waals surface area contributed by atoms with Gasteiger partial charge in [-0.25, -0.2) is 0 Å². The van der Waals surface area contributed by atoms with E-state index in [-0.39, 0.29) is 21.1 Å². The Morgan fingerprint density at radius 2 is 1.32 bits per heavy atom. The molecule has 0 radical (unpaired) electrons. The standard InChI is InChI=1S/C44H47N3O3S3/c1-43(2,3)29-16-19-33-31(25-29)32-26-30(44(4,5)6)17-20-34(32)45(33)21-11-7-8-12-22-46-35-13-9-10-14-37(35)52-38-23-28(15-18-36(38)46)24-39-41(50)47(27-40(48)49)42(51)53-39/h9-10,13-20,23-26H,7-8,11-12,21-22,27H2,1-6H3,(H,48,49)/b39-24-. The molecule has 0 unspecified atom stereocenters. The average Bonchev–Trinajstić information content (AvgIpc) is 3.55. The predicted molar refractivity (Wildman–Crippen MR) is 227 cm³/mol. The van der Waals surface area contributed by atoms with Gasteiger partial charge < -0.3 is 14.6 Å². The highest BCUT2D eigenvalue weighted by atomic mass is 32.2.